The number of carbonyl (C=O) groups excluding carboxylic acids is 1. The van der Waals surface area contributed by atoms with E-state index >= 15 is 0 Å². The first-order valence-corrected chi connectivity index (χ1v) is 9.62. The molecule has 2 aliphatic rings. The van der Waals surface area contributed by atoms with E-state index in [-0.39, 0.29) is 5.91 Å². The Kier molecular flexibility index (Phi) is 7.76. The molecule has 1 aliphatic heterocycles. The van der Waals surface area contributed by atoms with Crippen molar-refractivity contribution in [2.75, 3.05) is 40.8 Å². The van der Waals surface area contributed by atoms with Crippen molar-refractivity contribution in [2.24, 2.45) is 5.92 Å². The highest BCUT2D eigenvalue weighted by Gasteiger charge is 2.20. The highest BCUT2D eigenvalue weighted by Crippen LogP contribution is 2.32. The monoisotopic (exact) mass is 362 g/mol. The van der Waals surface area contributed by atoms with Gasteiger partial charge in [-0.05, 0) is 63.3 Å². The molecule has 1 heterocycles. The first-order valence-electron chi connectivity index (χ1n) is 9.62. The molecule has 1 saturated heterocycles. The molecule has 0 radical (unpaired) electrons. The molecule has 0 atom stereocenters. The van der Waals surface area contributed by atoms with Crippen molar-refractivity contribution in [1.29, 1.82) is 0 Å². The maximum absolute atomic E-state index is 10.9. The van der Waals surface area contributed by atoms with Crippen LogP contribution >= 0.6 is 0 Å². The lowest BCUT2D eigenvalue weighted by atomic mass is 9.89. The standard InChI is InChI=1S/C15H22O2.C6H12N2O/c1-11-4-7-13(8-5-11)17-14-9-6-12(2)10-15(14)16-3;1-7-3-4-8(2)6(9)5-7/h6,9-11,13H,4-5,7-8H2,1-3H3;3-5H2,1-2H3. The quantitative estimate of drug-likeness (QED) is 0.827. The molecule has 0 bridgehead atoms. The average molecular weight is 363 g/mol. The number of carbonyl (C=O) groups is 1. The number of likely N-dealkylation sites (N-methyl/N-ethyl adjacent to an activating group) is 2. The molecule has 26 heavy (non-hydrogen) atoms. The molecule has 1 amide bonds. The van der Waals surface area contributed by atoms with E-state index in [0.717, 1.165) is 43.3 Å². The largest absolute Gasteiger partial charge is 0.493 e. The summed E-state index contributed by atoms with van der Waals surface area (Å²) in [4.78, 5) is 14.7. The highest BCUT2D eigenvalue weighted by molar-refractivity contribution is 5.78. The van der Waals surface area contributed by atoms with E-state index in [2.05, 4.69) is 19.9 Å². The van der Waals surface area contributed by atoms with Crippen LogP contribution in [0, 0.1) is 12.8 Å². The van der Waals surface area contributed by atoms with Crippen molar-refractivity contribution in [3.8, 4) is 11.5 Å². The summed E-state index contributed by atoms with van der Waals surface area (Å²) < 4.78 is 11.4. The van der Waals surface area contributed by atoms with Crippen LogP contribution in [0.2, 0.25) is 0 Å². The highest BCUT2D eigenvalue weighted by atomic mass is 16.5. The smallest absolute Gasteiger partial charge is 0.236 e. The van der Waals surface area contributed by atoms with Gasteiger partial charge < -0.3 is 14.4 Å². The van der Waals surface area contributed by atoms with E-state index in [1.165, 1.54) is 18.4 Å². The van der Waals surface area contributed by atoms with Crippen molar-refractivity contribution >= 4 is 5.91 Å². The third-order valence-corrected chi connectivity index (χ3v) is 5.22. The third-order valence-electron chi connectivity index (χ3n) is 5.22. The molecule has 1 aliphatic carbocycles. The molecule has 1 aromatic rings. The fraction of sp³-hybridized carbons (Fsp3) is 0.667. The molecule has 5 heteroatoms. The predicted octanol–water partition coefficient (Wildman–Crippen LogP) is 3.35. The summed E-state index contributed by atoms with van der Waals surface area (Å²) in [5, 5.41) is 0. The lowest BCUT2D eigenvalue weighted by Gasteiger charge is -2.28. The van der Waals surface area contributed by atoms with E-state index in [9.17, 15) is 4.79 Å². The van der Waals surface area contributed by atoms with E-state index in [4.69, 9.17) is 9.47 Å². The molecule has 0 aromatic heterocycles. The molecule has 1 aromatic carbocycles. The summed E-state index contributed by atoms with van der Waals surface area (Å²) in [7, 11) is 5.50. The summed E-state index contributed by atoms with van der Waals surface area (Å²) in [5.41, 5.74) is 1.20. The van der Waals surface area contributed by atoms with Crippen LogP contribution in [0.3, 0.4) is 0 Å². The van der Waals surface area contributed by atoms with Gasteiger partial charge in [-0.1, -0.05) is 13.0 Å². The molecular formula is C21H34N2O3. The minimum absolute atomic E-state index is 0.226. The van der Waals surface area contributed by atoms with Crippen molar-refractivity contribution in [1.82, 2.24) is 9.80 Å². The van der Waals surface area contributed by atoms with E-state index in [1.54, 1.807) is 12.0 Å². The van der Waals surface area contributed by atoms with Gasteiger partial charge in [0.25, 0.3) is 0 Å². The minimum Gasteiger partial charge on any atom is -0.493 e. The summed E-state index contributed by atoms with van der Waals surface area (Å²) >= 11 is 0. The molecule has 0 spiro atoms. The molecule has 0 N–H and O–H groups in total. The second-order valence-electron chi connectivity index (χ2n) is 7.71. The summed E-state index contributed by atoms with van der Waals surface area (Å²) in [5.74, 6) is 2.82. The zero-order valence-electron chi connectivity index (χ0n) is 17.0. The van der Waals surface area contributed by atoms with Gasteiger partial charge in [-0.25, -0.2) is 0 Å². The van der Waals surface area contributed by atoms with Crippen LogP contribution in [0.1, 0.15) is 38.2 Å². The van der Waals surface area contributed by atoms with Gasteiger partial charge in [0.1, 0.15) is 0 Å². The third kappa shape index (κ3) is 6.20. The molecule has 3 rings (SSSR count). The van der Waals surface area contributed by atoms with Gasteiger partial charge in [-0.3, -0.25) is 9.69 Å². The van der Waals surface area contributed by atoms with Gasteiger partial charge in [0.15, 0.2) is 11.5 Å². The lowest BCUT2D eigenvalue weighted by molar-refractivity contribution is -0.133. The number of ether oxygens (including phenoxy) is 2. The topological polar surface area (TPSA) is 42.0 Å². The average Bonchev–Trinajstić information content (AvgIpc) is 2.62. The molecule has 1 saturated carbocycles. The normalized spacial score (nSPS) is 23.9. The van der Waals surface area contributed by atoms with E-state index in [0.29, 0.717) is 12.6 Å². The summed E-state index contributed by atoms with van der Waals surface area (Å²) in [6, 6.07) is 6.12. The number of rotatable bonds is 3. The zero-order valence-corrected chi connectivity index (χ0v) is 17.0. The molecule has 146 valence electrons. The summed E-state index contributed by atoms with van der Waals surface area (Å²) in [6.45, 7) is 6.84. The Morgan fingerprint density at radius 2 is 1.73 bits per heavy atom. The first-order chi connectivity index (χ1) is 12.4. The predicted molar refractivity (Wildman–Crippen MR) is 105 cm³/mol. The fourth-order valence-electron chi connectivity index (χ4n) is 3.28. The van der Waals surface area contributed by atoms with Crippen LogP contribution in [0.15, 0.2) is 18.2 Å². The Labute approximate surface area is 158 Å². The maximum Gasteiger partial charge on any atom is 0.236 e. The van der Waals surface area contributed by atoms with Gasteiger partial charge >= 0.3 is 0 Å². The van der Waals surface area contributed by atoms with Crippen molar-refractivity contribution in [2.45, 2.75) is 45.6 Å². The van der Waals surface area contributed by atoms with Crippen LogP contribution in [0.25, 0.3) is 0 Å². The van der Waals surface area contributed by atoms with Crippen LogP contribution < -0.4 is 9.47 Å². The number of amides is 1. The van der Waals surface area contributed by atoms with Gasteiger partial charge in [-0.15, -0.1) is 0 Å². The Hall–Kier alpha value is -1.75. The Balaban J connectivity index is 0.000000228. The number of hydrogen-bond acceptors (Lipinski definition) is 4. The molecule has 0 unspecified atom stereocenters. The molecular weight excluding hydrogens is 328 g/mol. The van der Waals surface area contributed by atoms with Gasteiger partial charge in [0, 0.05) is 20.1 Å². The Morgan fingerprint density at radius 1 is 1.04 bits per heavy atom. The minimum atomic E-state index is 0.226. The van der Waals surface area contributed by atoms with Crippen LogP contribution in [-0.2, 0) is 4.79 Å². The van der Waals surface area contributed by atoms with Crippen molar-refractivity contribution in [3.63, 3.8) is 0 Å². The fourth-order valence-corrected chi connectivity index (χ4v) is 3.28. The number of piperazine rings is 1. The van der Waals surface area contributed by atoms with Gasteiger partial charge in [0.2, 0.25) is 5.91 Å². The lowest BCUT2D eigenvalue weighted by Crippen LogP contribution is -2.46. The molecule has 5 nitrogen and oxygen atoms in total. The number of hydrogen-bond donors (Lipinski definition) is 0. The Morgan fingerprint density at radius 3 is 2.31 bits per heavy atom. The Bertz CT molecular complexity index is 583. The number of aryl methyl sites for hydroxylation is 1. The van der Waals surface area contributed by atoms with Crippen LogP contribution in [0.5, 0.6) is 11.5 Å². The second kappa shape index (κ2) is 9.81. The number of nitrogens with zero attached hydrogens (tertiary/aromatic N) is 2. The van der Waals surface area contributed by atoms with Crippen molar-refractivity contribution in [3.05, 3.63) is 23.8 Å². The number of benzene rings is 1. The zero-order chi connectivity index (χ0) is 19.1. The van der Waals surface area contributed by atoms with E-state index in [1.807, 2.05) is 31.1 Å². The van der Waals surface area contributed by atoms with Crippen LogP contribution in [0.4, 0.5) is 0 Å². The maximum atomic E-state index is 10.9. The SMILES string of the molecule is CN1CCN(C)C(=O)C1.COc1cc(C)ccc1OC1CCC(C)CC1. The van der Waals surface area contributed by atoms with Crippen molar-refractivity contribution < 1.29 is 14.3 Å². The number of methoxy groups -OCH3 is 1. The van der Waals surface area contributed by atoms with E-state index < -0.39 is 0 Å². The first kappa shape index (κ1) is 20.6. The van der Waals surface area contributed by atoms with Crippen LogP contribution in [-0.4, -0.2) is 62.7 Å². The van der Waals surface area contributed by atoms with Gasteiger partial charge in [0.05, 0.1) is 19.8 Å². The van der Waals surface area contributed by atoms with Gasteiger partial charge in [-0.2, -0.15) is 0 Å². The second-order valence-corrected chi connectivity index (χ2v) is 7.71. The summed E-state index contributed by atoms with van der Waals surface area (Å²) in [6.07, 6.45) is 5.25. The molecule has 2 fully saturated rings.